The molecule has 7 heteroatoms. The Morgan fingerprint density at radius 1 is 1.29 bits per heavy atom. The Balaban J connectivity index is 1.84. The molecule has 0 bridgehead atoms. The Hall–Kier alpha value is -2.02. The highest BCUT2D eigenvalue weighted by Crippen LogP contribution is 2.33. The van der Waals surface area contributed by atoms with Gasteiger partial charge in [0.2, 0.25) is 0 Å². The standard InChI is InChI=1S/C17H18F2N2O2S/c18-13-6-5-11(9-14(13)19)15-10-24-17(20-15)21(8-7-16(22)23)12-3-1-2-4-12/h5-6,9-10,12H,1-4,7-8H2,(H,22,23). The fourth-order valence-corrected chi connectivity index (χ4v) is 3.98. The predicted octanol–water partition coefficient (Wildman–Crippen LogP) is 4.31. The molecule has 0 unspecified atom stereocenters. The number of nitrogens with zero attached hydrogens (tertiary/aromatic N) is 2. The van der Waals surface area contributed by atoms with Gasteiger partial charge in [-0.15, -0.1) is 11.3 Å². The Morgan fingerprint density at radius 2 is 2.04 bits per heavy atom. The molecule has 1 aliphatic carbocycles. The second kappa shape index (κ2) is 7.25. The number of carbonyl (C=O) groups is 1. The summed E-state index contributed by atoms with van der Waals surface area (Å²) in [6.45, 7) is 0.407. The summed E-state index contributed by atoms with van der Waals surface area (Å²) in [7, 11) is 0. The van der Waals surface area contributed by atoms with E-state index in [0.29, 0.717) is 23.8 Å². The molecule has 0 spiro atoms. The van der Waals surface area contributed by atoms with Gasteiger partial charge in [-0.3, -0.25) is 4.79 Å². The number of carboxylic acid groups (broad SMARTS) is 1. The average molecular weight is 352 g/mol. The zero-order valence-corrected chi connectivity index (χ0v) is 13.9. The molecule has 0 saturated heterocycles. The van der Waals surface area contributed by atoms with E-state index in [4.69, 9.17) is 5.11 Å². The van der Waals surface area contributed by atoms with Crippen molar-refractivity contribution >= 4 is 22.4 Å². The molecule has 4 nitrogen and oxygen atoms in total. The van der Waals surface area contributed by atoms with Crippen LogP contribution in [0.2, 0.25) is 0 Å². The summed E-state index contributed by atoms with van der Waals surface area (Å²) < 4.78 is 26.5. The van der Waals surface area contributed by atoms with Crippen LogP contribution in [0.15, 0.2) is 23.6 Å². The molecule has 1 aromatic heterocycles. The molecule has 3 rings (SSSR count). The van der Waals surface area contributed by atoms with Gasteiger partial charge in [0.25, 0.3) is 0 Å². The van der Waals surface area contributed by atoms with Gasteiger partial charge < -0.3 is 10.0 Å². The molecule has 1 N–H and O–H groups in total. The van der Waals surface area contributed by atoms with Crippen LogP contribution in [0.1, 0.15) is 32.1 Å². The van der Waals surface area contributed by atoms with E-state index in [0.717, 1.165) is 42.9 Å². The molecule has 24 heavy (non-hydrogen) atoms. The lowest BCUT2D eigenvalue weighted by molar-refractivity contribution is -0.136. The summed E-state index contributed by atoms with van der Waals surface area (Å²) in [5.74, 6) is -2.63. The molecular weight excluding hydrogens is 334 g/mol. The van der Waals surface area contributed by atoms with Crippen LogP contribution < -0.4 is 4.90 Å². The quantitative estimate of drug-likeness (QED) is 0.842. The van der Waals surface area contributed by atoms with Crippen LogP contribution in [0.5, 0.6) is 0 Å². The molecule has 0 amide bonds. The molecule has 0 radical (unpaired) electrons. The fourth-order valence-electron chi connectivity index (χ4n) is 3.05. The highest BCUT2D eigenvalue weighted by Gasteiger charge is 2.25. The van der Waals surface area contributed by atoms with Gasteiger partial charge in [0.1, 0.15) is 0 Å². The Morgan fingerprint density at radius 3 is 2.71 bits per heavy atom. The Labute approximate surface area is 142 Å². The van der Waals surface area contributed by atoms with Crippen molar-refractivity contribution in [3.05, 3.63) is 35.2 Å². The molecular formula is C17H18F2N2O2S. The minimum atomic E-state index is -0.902. The highest BCUT2D eigenvalue weighted by molar-refractivity contribution is 7.14. The number of thiazole rings is 1. The van der Waals surface area contributed by atoms with Crippen LogP contribution >= 0.6 is 11.3 Å². The first-order valence-electron chi connectivity index (χ1n) is 7.94. The largest absolute Gasteiger partial charge is 0.481 e. The molecule has 1 heterocycles. The minimum absolute atomic E-state index is 0.0522. The monoisotopic (exact) mass is 352 g/mol. The number of carboxylic acids is 1. The summed E-state index contributed by atoms with van der Waals surface area (Å²) in [6, 6.07) is 4.01. The number of anilines is 1. The SMILES string of the molecule is O=C(O)CCN(c1nc(-c2ccc(F)c(F)c2)cs1)C1CCCC1. The van der Waals surface area contributed by atoms with Crippen LogP contribution in [0, 0.1) is 11.6 Å². The molecule has 1 fully saturated rings. The molecule has 0 atom stereocenters. The van der Waals surface area contributed by atoms with E-state index >= 15 is 0 Å². The topological polar surface area (TPSA) is 53.4 Å². The van der Waals surface area contributed by atoms with E-state index in [1.54, 1.807) is 5.38 Å². The number of aliphatic carboxylic acids is 1. The molecule has 1 saturated carbocycles. The first-order valence-corrected chi connectivity index (χ1v) is 8.82. The van der Waals surface area contributed by atoms with Crippen LogP contribution in [0.3, 0.4) is 0 Å². The van der Waals surface area contributed by atoms with Crippen molar-refractivity contribution in [2.45, 2.75) is 38.1 Å². The van der Waals surface area contributed by atoms with Crippen LogP contribution in [0.25, 0.3) is 11.3 Å². The lowest BCUT2D eigenvalue weighted by Gasteiger charge is -2.27. The predicted molar refractivity (Wildman–Crippen MR) is 89.3 cm³/mol. The van der Waals surface area contributed by atoms with Crippen molar-refractivity contribution in [1.82, 2.24) is 4.98 Å². The summed E-state index contributed by atoms with van der Waals surface area (Å²) in [5.41, 5.74) is 1.09. The third kappa shape index (κ3) is 3.72. The van der Waals surface area contributed by atoms with Gasteiger partial charge >= 0.3 is 5.97 Å². The van der Waals surface area contributed by atoms with Crippen molar-refractivity contribution in [2.75, 3.05) is 11.4 Å². The number of halogens is 2. The maximum atomic E-state index is 13.4. The van der Waals surface area contributed by atoms with E-state index in [9.17, 15) is 13.6 Å². The maximum Gasteiger partial charge on any atom is 0.305 e. The number of hydrogen-bond acceptors (Lipinski definition) is 4. The Bertz CT molecular complexity index is 729. The van der Waals surface area contributed by atoms with Gasteiger partial charge in [-0.25, -0.2) is 13.8 Å². The van der Waals surface area contributed by atoms with E-state index in [-0.39, 0.29) is 6.42 Å². The zero-order valence-electron chi connectivity index (χ0n) is 13.0. The third-order valence-electron chi connectivity index (χ3n) is 4.29. The van der Waals surface area contributed by atoms with E-state index in [1.807, 2.05) is 0 Å². The van der Waals surface area contributed by atoms with Gasteiger partial charge in [0, 0.05) is 23.5 Å². The third-order valence-corrected chi connectivity index (χ3v) is 5.16. The van der Waals surface area contributed by atoms with Gasteiger partial charge in [0.05, 0.1) is 12.1 Å². The van der Waals surface area contributed by atoms with E-state index in [1.165, 1.54) is 17.4 Å². The number of hydrogen-bond donors (Lipinski definition) is 1. The number of aromatic nitrogens is 1. The van der Waals surface area contributed by atoms with Gasteiger partial charge in [0.15, 0.2) is 16.8 Å². The number of benzene rings is 1. The molecule has 1 aliphatic rings. The lowest BCUT2D eigenvalue weighted by Crippen LogP contribution is -2.35. The van der Waals surface area contributed by atoms with Crippen LogP contribution in [-0.2, 0) is 4.79 Å². The maximum absolute atomic E-state index is 13.4. The highest BCUT2D eigenvalue weighted by atomic mass is 32.1. The molecule has 128 valence electrons. The summed E-state index contributed by atoms with van der Waals surface area (Å²) >= 11 is 1.41. The fraction of sp³-hybridized carbons (Fsp3) is 0.412. The minimum Gasteiger partial charge on any atom is -0.481 e. The second-order valence-electron chi connectivity index (χ2n) is 5.92. The molecule has 0 aliphatic heterocycles. The van der Waals surface area contributed by atoms with Gasteiger partial charge in [-0.2, -0.15) is 0 Å². The zero-order chi connectivity index (χ0) is 17.1. The van der Waals surface area contributed by atoms with Crippen molar-refractivity contribution in [2.24, 2.45) is 0 Å². The van der Waals surface area contributed by atoms with Crippen molar-refractivity contribution in [3.63, 3.8) is 0 Å². The van der Waals surface area contributed by atoms with Gasteiger partial charge in [-0.1, -0.05) is 12.8 Å². The first-order chi connectivity index (χ1) is 11.5. The smallest absolute Gasteiger partial charge is 0.305 e. The van der Waals surface area contributed by atoms with Crippen molar-refractivity contribution < 1.29 is 18.7 Å². The normalized spacial score (nSPS) is 14.9. The first kappa shape index (κ1) is 16.8. The lowest BCUT2D eigenvalue weighted by atomic mass is 10.1. The summed E-state index contributed by atoms with van der Waals surface area (Å²) in [6.07, 6.45) is 4.38. The second-order valence-corrected chi connectivity index (χ2v) is 6.76. The van der Waals surface area contributed by atoms with Gasteiger partial charge in [-0.05, 0) is 31.0 Å². The summed E-state index contributed by atoms with van der Waals surface area (Å²) in [5, 5.41) is 11.5. The Kier molecular flexibility index (Phi) is 5.08. The molecule has 1 aromatic carbocycles. The van der Waals surface area contributed by atoms with E-state index in [2.05, 4.69) is 9.88 Å². The van der Waals surface area contributed by atoms with E-state index < -0.39 is 17.6 Å². The molecule has 2 aromatic rings. The van der Waals surface area contributed by atoms with Crippen molar-refractivity contribution in [1.29, 1.82) is 0 Å². The summed E-state index contributed by atoms with van der Waals surface area (Å²) in [4.78, 5) is 17.5. The number of rotatable bonds is 6. The van der Waals surface area contributed by atoms with Crippen LogP contribution in [0.4, 0.5) is 13.9 Å². The van der Waals surface area contributed by atoms with Crippen LogP contribution in [-0.4, -0.2) is 28.6 Å². The average Bonchev–Trinajstić information content (AvgIpc) is 3.22. The van der Waals surface area contributed by atoms with Crippen molar-refractivity contribution in [3.8, 4) is 11.3 Å².